The second-order valence-corrected chi connectivity index (χ2v) is 3.46. The van der Waals surface area contributed by atoms with Crippen LogP contribution >= 0.6 is 23.2 Å². The monoisotopic (exact) mass is 256 g/mol. The molecule has 0 aliphatic rings. The fourth-order valence-corrected chi connectivity index (χ4v) is 1.60. The largest absolute Gasteiger partial charge is 0.417 e. The highest BCUT2D eigenvalue weighted by Crippen LogP contribution is 2.40. The molecule has 0 saturated heterocycles. The minimum Gasteiger partial charge on any atom is -0.243 e. The molecule has 0 radical (unpaired) electrons. The maximum atomic E-state index is 12.4. The first-order valence-corrected chi connectivity index (χ1v) is 4.34. The van der Waals surface area contributed by atoms with Gasteiger partial charge in [-0.15, -0.1) is 0 Å². The summed E-state index contributed by atoms with van der Waals surface area (Å²) in [5, 5.41) is 5.81. The lowest BCUT2D eigenvalue weighted by Gasteiger charge is -2.08. The van der Waals surface area contributed by atoms with Crippen LogP contribution in [0.4, 0.5) is 13.2 Å². The number of fused-ring (bicyclic) bond motifs is 1. The van der Waals surface area contributed by atoms with Gasteiger partial charge in [-0.1, -0.05) is 23.2 Å². The van der Waals surface area contributed by atoms with Crippen LogP contribution < -0.4 is 0 Å². The van der Waals surface area contributed by atoms with Crippen molar-refractivity contribution in [1.82, 2.24) is 10.3 Å². The van der Waals surface area contributed by atoms with Crippen LogP contribution in [0.15, 0.2) is 10.7 Å². The summed E-state index contributed by atoms with van der Waals surface area (Å²) >= 11 is 11.1. The number of nitrogens with zero attached hydrogens (tertiary/aromatic N) is 2. The van der Waals surface area contributed by atoms with Crippen molar-refractivity contribution in [2.45, 2.75) is 6.18 Å². The number of hydrogen-bond donors (Lipinski definition) is 0. The molecule has 0 amide bonds. The van der Waals surface area contributed by atoms with Crippen molar-refractivity contribution in [1.29, 1.82) is 0 Å². The zero-order valence-electron chi connectivity index (χ0n) is 6.77. The van der Waals surface area contributed by atoms with Gasteiger partial charge >= 0.3 is 6.18 Å². The molecule has 1 aromatic heterocycles. The second-order valence-electron chi connectivity index (χ2n) is 2.68. The van der Waals surface area contributed by atoms with E-state index in [1.54, 1.807) is 0 Å². The van der Waals surface area contributed by atoms with Gasteiger partial charge in [-0.05, 0) is 16.4 Å². The van der Waals surface area contributed by atoms with E-state index in [0.29, 0.717) is 6.07 Å². The van der Waals surface area contributed by atoms with Crippen LogP contribution in [-0.2, 0) is 6.18 Å². The third-order valence-electron chi connectivity index (χ3n) is 1.74. The highest BCUT2D eigenvalue weighted by atomic mass is 35.5. The molecule has 15 heavy (non-hydrogen) atoms. The number of benzene rings is 1. The van der Waals surface area contributed by atoms with Gasteiger partial charge in [-0.2, -0.15) is 13.2 Å². The standard InChI is InChI=1S/C7HCl2F3N2O/c8-3-1-2(7(10,11)12)4(9)6-5(3)13-15-14-6/h1H. The van der Waals surface area contributed by atoms with Gasteiger partial charge in [0, 0.05) is 0 Å². The van der Waals surface area contributed by atoms with Crippen LogP contribution in [-0.4, -0.2) is 10.3 Å². The summed E-state index contributed by atoms with van der Waals surface area (Å²) in [4.78, 5) is 0. The van der Waals surface area contributed by atoms with Crippen molar-refractivity contribution < 1.29 is 17.8 Å². The van der Waals surface area contributed by atoms with Crippen molar-refractivity contribution in [3.05, 3.63) is 21.7 Å². The molecular weight excluding hydrogens is 256 g/mol. The SMILES string of the molecule is FC(F)(F)c1cc(Cl)c2nonc2c1Cl. The van der Waals surface area contributed by atoms with Gasteiger partial charge < -0.3 is 0 Å². The molecule has 80 valence electrons. The molecule has 2 aromatic rings. The summed E-state index contributed by atoms with van der Waals surface area (Å²) < 4.78 is 41.6. The molecule has 2 rings (SSSR count). The van der Waals surface area contributed by atoms with E-state index in [4.69, 9.17) is 23.2 Å². The Kier molecular flexibility index (Phi) is 2.27. The third kappa shape index (κ3) is 1.63. The highest BCUT2D eigenvalue weighted by Gasteiger charge is 2.35. The van der Waals surface area contributed by atoms with Crippen LogP contribution in [0.1, 0.15) is 5.56 Å². The summed E-state index contributed by atoms with van der Waals surface area (Å²) in [5.74, 6) is 0. The van der Waals surface area contributed by atoms with E-state index < -0.39 is 16.8 Å². The fourth-order valence-electron chi connectivity index (χ4n) is 1.08. The summed E-state index contributed by atoms with van der Waals surface area (Å²) in [6.45, 7) is 0. The molecule has 0 atom stereocenters. The third-order valence-corrected chi connectivity index (χ3v) is 2.41. The summed E-state index contributed by atoms with van der Waals surface area (Å²) in [7, 11) is 0. The molecule has 0 fully saturated rings. The summed E-state index contributed by atoms with van der Waals surface area (Å²) in [5.41, 5.74) is -1.25. The van der Waals surface area contributed by atoms with Gasteiger partial charge in [-0.3, -0.25) is 0 Å². The number of halogens is 5. The van der Waals surface area contributed by atoms with Crippen molar-refractivity contribution >= 4 is 34.2 Å². The van der Waals surface area contributed by atoms with Gasteiger partial charge in [0.05, 0.1) is 15.6 Å². The van der Waals surface area contributed by atoms with E-state index in [0.717, 1.165) is 0 Å². The first-order chi connectivity index (χ1) is 6.91. The number of hydrogen-bond acceptors (Lipinski definition) is 3. The summed E-state index contributed by atoms with van der Waals surface area (Å²) in [6, 6.07) is 0.691. The molecule has 0 aliphatic heterocycles. The van der Waals surface area contributed by atoms with Crippen molar-refractivity contribution in [2.75, 3.05) is 0 Å². The Bertz CT molecular complexity index is 523. The molecule has 0 aliphatic carbocycles. The number of rotatable bonds is 0. The van der Waals surface area contributed by atoms with Crippen LogP contribution in [0.25, 0.3) is 11.0 Å². The smallest absolute Gasteiger partial charge is 0.243 e. The van der Waals surface area contributed by atoms with Crippen LogP contribution in [0, 0.1) is 0 Å². The van der Waals surface area contributed by atoms with Gasteiger partial charge in [0.25, 0.3) is 0 Å². The maximum absolute atomic E-state index is 12.4. The lowest BCUT2D eigenvalue weighted by molar-refractivity contribution is -0.137. The minimum atomic E-state index is -4.59. The predicted molar refractivity (Wildman–Crippen MR) is 46.8 cm³/mol. The van der Waals surface area contributed by atoms with E-state index in [2.05, 4.69) is 14.9 Å². The van der Waals surface area contributed by atoms with E-state index in [1.807, 2.05) is 0 Å². The first kappa shape index (κ1) is 10.5. The normalized spacial score (nSPS) is 12.3. The molecule has 0 saturated carbocycles. The lowest BCUT2D eigenvalue weighted by Crippen LogP contribution is -2.06. The number of aromatic nitrogens is 2. The molecule has 8 heteroatoms. The second kappa shape index (κ2) is 3.24. The van der Waals surface area contributed by atoms with Crippen LogP contribution in [0.5, 0.6) is 0 Å². The molecule has 0 unspecified atom stereocenters. The minimum absolute atomic E-state index is 0.00895. The Morgan fingerprint density at radius 1 is 1.13 bits per heavy atom. The maximum Gasteiger partial charge on any atom is 0.417 e. The average Bonchev–Trinajstić information content (AvgIpc) is 2.58. The molecule has 0 spiro atoms. The van der Waals surface area contributed by atoms with Gasteiger partial charge in [0.1, 0.15) is 0 Å². The van der Waals surface area contributed by atoms with E-state index >= 15 is 0 Å². The Morgan fingerprint density at radius 3 is 2.33 bits per heavy atom. The zero-order valence-corrected chi connectivity index (χ0v) is 8.28. The number of alkyl halides is 3. The Labute approximate surface area is 90.7 Å². The first-order valence-electron chi connectivity index (χ1n) is 3.58. The van der Waals surface area contributed by atoms with Crippen molar-refractivity contribution in [3.8, 4) is 0 Å². The topological polar surface area (TPSA) is 38.9 Å². The molecular formula is C7HCl2F3N2O. The molecule has 1 aromatic carbocycles. The molecule has 0 bridgehead atoms. The highest BCUT2D eigenvalue weighted by molar-refractivity contribution is 6.40. The van der Waals surface area contributed by atoms with Crippen LogP contribution in [0.2, 0.25) is 10.0 Å². The van der Waals surface area contributed by atoms with E-state index in [1.165, 1.54) is 0 Å². The lowest BCUT2D eigenvalue weighted by atomic mass is 10.2. The van der Waals surface area contributed by atoms with Crippen molar-refractivity contribution in [3.63, 3.8) is 0 Å². The van der Waals surface area contributed by atoms with Crippen molar-refractivity contribution in [2.24, 2.45) is 0 Å². The molecule has 3 nitrogen and oxygen atoms in total. The van der Waals surface area contributed by atoms with Gasteiger partial charge in [0.2, 0.25) is 0 Å². The molecule has 1 heterocycles. The zero-order chi connectivity index (χ0) is 11.2. The molecule has 0 N–H and O–H groups in total. The average molecular weight is 257 g/mol. The summed E-state index contributed by atoms with van der Waals surface area (Å²) in [6.07, 6.45) is -4.59. The fraction of sp³-hybridized carbons (Fsp3) is 0.143. The van der Waals surface area contributed by atoms with E-state index in [9.17, 15) is 13.2 Å². The Balaban J connectivity index is 2.83. The van der Waals surface area contributed by atoms with E-state index in [-0.39, 0.29) is 16.1 Å². The Hall–Kier alpha value is -1.01. The predicted octanol–water partition coefficient (Wildman–Crippen LogP) is 3.55. The quantitative estimate of drug-likeness (QED) is 0.724. The van der Waals surface area contributed by atoms with Gasteiger partial charge in [0.15, 0.2) is 11.0 Å². The van der Waals surface area contributed by atoms with Crippen LogP contribution in [0.3, 0.4) is 0 Å². The Morgan fingerprint density at radius 2 is 1.73 bits per heavy atom. The van der Waals surface area contributed by atoms with Gasteiger partial charge in [-0.25, -0.2) is 4.63 Å².